The van der Waals surface area contributed by atoms with Crippen molar-refractivity contribution < 1.29 is 4.79 Å². The molecule has 0 spiro atoms. The minimum Gasteiger partial charge on any atom is -0.322 e. The highest BCUT2D eigenvalue weighted by atomic mass is 16.1. The third-order valence-corrected chi connectivity index (χ3v) is 4.88. The van der Waals surface area contributed by atoms with Gasteiger partial charge in [0.05, 0.1) is 6.04 Å². The molecule has 0 aromatic carbocycles. The summed E-state index contributed by atoms with van der Waals surface area (Å²) in [7, 11) is 0. The van der Waals surface area contributed by atoms with Crippen LogP contribution in [-0.2, 0) is 4.79 Å². The fourth-order valence-electron chi connectivity index (χ4n) is 3.08. The number of carbonyl (C=O) groups excluding carboxylic acids is 1. The molecule has 1 atom stereocenters. The van der Waals surface area contributed by atoms with Crippen LogP contribution < -0.4 is 5.73 Å². The van der Waals surface area contributed by atoms with Gasteiger partial charge in [-0.15, -0.1) is 0 Å². The lowest BCUT2D eigenvalue weighted by Crippen LogP contribution is -2.29. The normalized spacial score (nSPS) is 12.5. The SMILES string of the molecule is CCCCCCCCCCCCCCCCCC(=O)C(N)CC. The number of Topliss-reactive ketones (excluding diaryl/α,β-unsaturated/α-hetero) is 1. The molecule has 23 heavy (non-hydrogen) atoms. The summed E-state index contributed by atoms with van der Waals surface area (Å²) in [6.07, 6.45) is 21.9. The average Bonchev–Trinajstić information content (AvgIpc) is 2.57. The summed E-state index contributed by atoms with van der Waals surface area (Å²) in [5.41, 5.74) is 5.73. The summed E-state index contributed by atoms with van der Waals surface area (Å²) < 4.78 is 0. The molecule has 0 radical (unpaired) electrons. The summed E-state index contributed by atoms with van der Waals surface area (Å²) >= 11 is 0. The Morgan fingerprint density at radius 3 is 1.35 bits per heavy atom. The highest BCUT2D eigenvalue weighted by molar-refractivity contribution is 5.83. The van der Waals surface area contributed by atoms with Crippen LogP contribution in [0.3, 0.4) is 0 Å². The number of hydrogen-bond donors (Lipinski definition) is 1. The quantitative estimate of drug-likeness (QED) is 0.290. The average molecular weight is 326 g/mol. The van der Waals surface area contributed by atoms with E-state index < -0.39 is 0 Å². The van der Waals surface area contributed by atoms with Crippen LogP contribution in [0.15, 0.2) is 0 Å². The number of rotatable bonds is 18. The van der Waals surface area contributed by atoms with Gasteiger partial charge in [0, 0.05) is 6.42 Å². The highest BCUT2D eigenvalue weighted by Gasteiger charge is 2.09. The standard InChI is InChI=1S/C21H43NO/c1-3-5-6-7-8-9-10-11-12-13-14-15-16-17-18-19-21(23)20(22)4-2/h20H,3-19,22H2,1-2H3. The second kappa shape index (κ2) is 18.0. The molecule has 0 saturated carbocycles. The van der Waals surface area contributed by atoms with E-state index >= 15 is 0 Å². The Bertz CT molecular complexity index is 252. The van der Waals surface area contributed by atoms with Crippen molar-refractivity contribution in [1.82, 2.24) is 0 Å². The molecule has 0 rings (SSSR count). The zero-order valence-corrected chi connectivity index (χ0v) is 16.1. The Balaban J connectivity index is 3.09. The molecule has 138 valence electrons. The van der Waals surface area contributed by atoms with Crippen molar-refractivity contribution in [1.29, 1.82) is 0 Å². The van der Waals surface area contributed by atoms with Gasteiger partial charge in [0.15, 0.2) is 0 Å². The molecule has 2 nitrogen and oxygen atoms in total. The van der Waals surface area contributed by atoms with Crippen LogP contribution in [0.4, 0.5) is 0 Å². The van der Waals surface area contributed by atoms with Crippen LogP contribution in [0.2, 0.25) is 0 Å². The van der Waals surface area contributed by atoms with Gasteiger partial charge in [-0.2, -0.15) is 0 Å². The van der Waals surface area contributed by atoms with E-state index in [0.29, 0.717) is 6.42 Å². The first-order valence-corrected chi connectivity index (χ1v) is 10.5. The molecule has 0 aromatic rings. The molecule has 1 unspecified atom stereocenters. The lowest BCUT2D eigenvalue weighted by Gasteiger charge is -2.07. The van der Waals surface area contributed by atoms with E-state index in [1.54, 1.807) is 0 Å². The summed E-state index contributed by atoms with van der Waals surface area (Å²) in [6.45, 7) is 4.26. The molecule has 0 amide bonds. The number of nitrogens with two attached hydrogens (primary N) is 1. The van der Waals surface area contributed by atoms with E-state index in [0.717, 1.165) is 12.8 Å². The topological polar surface area (TPSA) is 43.1 Å². The fraction of sp³-hybridized carbons (Fsp3) is 0.952. The van der Waals surface area contributed by atoms with Crippen molar-refractivity contribution in [3.05, 3.63) is 0 Å². The van der Waals surface area contributed by atoms with Crippen LogP contribution in [0, 0.1) is 0 Å². The summed E-state index contributed by atoms with van der Waals surface area (Å²) in [5.74, 6) is 0.252. The Morgan fingerprint density at radius 2 is 1.00 bits per heavy atom. The summed E-state index contributed by atoms with van der Waals surface area (Å²) in [4.78, 5) is 11.6. The molecule has 0 saturated heterocycles. The second-order valence-corrected chi connectivity index (χ2v) is 7.18. The molecule has 2 N–H and O–H groups in total. The van der Waals surface area contributed by atoms with Crippen molar-refractivity contribution >= 4 is 5.78 Å². The Morgan fingerprint density at radius 1 is 0.652 bits per heavy atom. The van der Waals surface area contributed by atoms with Crippen LogP contribution in [0.25, 0.3) is 0 Å². The number of hydrogen-bond acceptors (Lipinski definition) is 2. The van der Waals surface area contributed by atoms with Gasteiger partial charge in [-0.3, -0.25) is 4.79 Å². The molecule has 0 aliphatic heterocycles. The third kappa shape index (κ3) is 16.3. The Hall–Kier alpha value is -0.370. The van der Waals surface area contributed by atoms with Crippen molar-refractivity contribution in [3.8, 4) is 0 Å². The zero-order chi connectivity index (χ0) is 17.2. The predicted molar refractivity (Wildman–Crippen MR) is 103 cm³/mol. The maximum atomic E-state index is 11.6. The smallest absolute Gasteiger partial charge is 0.149 e. The van der Waals surface area contributed by atoms with Crippen molar-refractivity contribution in [3.63, 3.8) is 0 Å². The molecule has 0 fully saturated rings. The first-order valence-electron chi connectivity index (χ1n) is 10.5. The second-order valence-electron chi connectivity index (χ2n) is 7.18. The number of carbonyl (C=O) groups is 1. The van der Waals surface area contributed by atoms with Gasteiger partial charge < -0.3 is 5.73 Å². The summed E-state index contributed by atoms with van der Waals surface area (Å²) in [6, 6.07) is -0.221. The maximum Gasteiger partial charge on any atom is 0.149 e. The van der Waals surface area contributed by atoms with E-state index in [2.05, 4.69) is 6.92 Å². The van der Waals surface area contributed by atoms with Crippen LogP contribution in [0.5, 0.6) is 0 Å². The van der Waals surface area contributed by atoms with Gasteiger partial charge in [-0.25, -0.2) is 0 Å². The van der Waals surface area contributed by atoms with Crippen LogP contribution in [0.1, 0.15) is 123 Å². The van der Waals surface area contributed by atoms with E-state index in [-0.39, 0.29) is 11.8 Å². The zero-order valence-electron chi connectivity index (χ0n) is 16.1. The molecule has 0 aliphatic carbocycles. The van der Waals surface area contributed by atoms with E-state index in [1.165, 1.54) is 89.9 Å². The molecular formula is C21H43NO. The maximum absolute atomic E-state index is 11.6. The first-order chi connectivity index (χ1) is 11.2. The van der Waals surface area contributed by atoms with Gasteiger partial charge in [-0.05, 0) is 12.8 Å². The lowest BCUT2D eigenvalue weighted by molar-refractivity contribution is -0.120. The predicted octanol–water partition coefficient (Wildman–Crippen LogP) is 6.55. The van der Waals surface area contributed by atoms with Gasteiger partial charge in [-0.1, -0.05) is 104 Å². The number of ketones is 1. The molecule has 0 heterocycles. The Labute approximate surface area is 146 Å². The molecule has 2 heteroatoms. The van der Waals surface area contributed by atoms with Gasteiger partial charge >= 0.3 is 0 Å². The lowest BCUT2D eigenvalue weighted by atomic mass is 10.0. The first kappa shape index (κ1) is 22.6. The minimum atomic E-state index is -0.221. The van der Waals surface area contributed by atoms with Gasteiger partial charge in [0.2, 0.25) is 0 Å². The van der Waals surface area contributed by atoms with Gasteiger partial charge in [0.1, 0.15) is 5.78 Å². The fourth-order valence-corrected chi connectivity index (χ4v) is 3.08. The van der Waals surface area contributed by atoms with E-state index in [9.17, 15) is 4.79 Å². The van der Waals surface area contributed by atoms with E-state index in [4.69, 9.17) is 5.73 Å². The van der Waals surface area contributed by atoms with Crippen molar-refractivity contribution in [2.24, 2.45) is 5.73 Å². The number of unbranched alkanes of at least 4 members (excludes halogenated alkanes) is 14. The van der Waals surface area contributed by atoms with Crippen LogP contribution in [-0.4, -0.2) is 11.8 Å². The van der Waals surface area contributed by atoms with Crippen LogP contribution >= 0.6 is 0 Å². The van der Waals surface area contributed by atoms with Crippen molar-refractivity contribution in [2.45, 2.75) is 129 Å². The molecule has 0 aromatic heterocycles. The monoisotopic (exact) mass is 325 g/mol. The molecule has 0 aliphatic rings. The molecule has 0 bridgehead atoms. The minimum absolute atomic E-state index is 0.221. The van der Waals surface area contributed by atoms with Crippen molar-refractivity contribution in [2.75, 3.05) is 0 Å². The van der Waals surface area contributed by atoms with Gasteiger partial charge in [0.25, 0.3) is 0 Å². The Kier molecular flexibility index (Phi) is 17.7. The largest absolute Gasteiger partial charge is 0.322 e. The van der Waals surface area contributed by atoms with E-state index in [1.807, 2.05) is 6.92 Å². The summed E-state index contributed by atoms with van der Waals surface area (Å²) in [5, 5.41) is 0. The molecular weight excluding hydrogens is 282 g/mol. The third-order valence-electron chi connectivity index (χ3n) is 4.88. The highest BCUT2D eigenvalue weighted by Crippen LogP contribution is 2.13.